The highest BCUT2D eigenvalue weighted by Crippen LogP contribution is 2.36. The number of nitrogens with zero attached hydrogens (tertiary/aromatic N) is 4. The maximum Gasteiger partial charge on any atom is 0.494 e. The van der Waals surface area contributed by atoms with Crippen LogP contribution in [0.4, 0.5) is 24.5 Å². The van der Waals surface area contributed by atoms with Gasteiger partial charge >= 0.3 is 13.3 Å². The van der Waals surface area contributed by atoms with E-state index in [2.05, 4.69) is 44.1 Å². The van der Waals surface area contributed by atoms with E-state index in [1.54, 1.807) is 12.3 Å². The third kappa shape index (κ3) is 4.97. The van der Waals surface area contributed by atoms with E-state index in [0.717, 1.165) is 43.0 Å². The van der Waals surface area contributed by atoms with E-state index in [1.165, 1.54) is 10.9 Å². The standard InChI is InChI=1S/C25H31BF3N5O3/c1-23(2)24(3,4)37-26(36-23)17-5-7-18(8-6-17)32-11-13-33(14-12-32)19-9-10-21(30-15-19)34-16-20(31-34)22(35)25(27,28)29/h5-10,15-16,22,31,35H,11-14H2,1-4H3. The second-order valence-electron chi connectivity index (χ2n) is 10.5. The summed E-state index contributed by atoms with van der Waals surface area (Å²) in [7, 11) is -0.380. The molecular weight excluding hydrogens is 486 g/mol. The van der Waals surface area contributed by atoms with Crippen LogP contribution in [-0.2, 0) is 9.31 Å². The molecule has 1 unspecified atom stereocenters. The van der Waals surface area contributed by atoms with Crippen molar-refractivity contribution in [3.05, 3.63) is 54.5 Å². The van der Waals surface area contributed by atoms with Crippen molar-refractivity contribution in [1.29, 1.82) is 0 Å². The topological polar surface area (TPSA) is 78.8 Å². The van der Waals surface area contributed by atoms with E-state index < -0.39 is 12.3 Å². The molecule has 1 atom stereocenters. The minimum atomic E-state index is -4.71. The van der Waals surface area contributed by atoms with Crippen LogP contribution >= 0.6 is 0 Å². The van der Waals surface area contributed by atoms with Gasteiger partial charge in [0.1, 0.15) is 0 Å². The van der Waals surface area contributed by atoms with Crippen LogP contribution in [0.25, 0.3) is 5.82 Å². The van der Waals surface area contributed by atoms with Gasteiger partial charge in [0.2, 0.25) is 0 Å². The van der Waals surface area contributed by atoms with Crippen molar-refractivity contribution in [2.24, 2.45) is 0 Å². The third-order valence-electron chi connectivity index (χ3n) is 7.53. The Labute approximate surface area is 214 Å². The minimum absolute atomic E-state index is 0.307. The molecule has 0 bridgehead atoms. The number of hydrogen-bond donors (Lipinski definition) is 2. The molecule has 2 aromatic heterocycles. The Morgan fingerprint density at radius 2 is 1.43 bits per heavy atom. The van der Waals surface area contributed by atoms with Gasteiger partial charge in [-0.2, -0.15) is 13.2 Å². The minimum Gasteiger partial charge on any atom is -0.399 e. The van der Waals surface area contributed by atoms with Crippen molar-refractivity contribution < 1.29 is 27.6 Å². The molecule has 2 saturated heterocycles. The largest absolute Gasteiger partial charge is 0.494 e. The fraction of sp³-hybridized carbons (Fsp3) is 0.480. The number of aliphatic hydroxyl groups excluding tert-OH is 1. The summed E-state index contributed by atoms with van der Waals surface area (Å²) in [6.07, 6.45) is -4.34. The molecule has 2 N–H and O–H groups in total. The zero-order valence-electron chi connectivity index (χ0n) is 21.3. The smallest absolute Gasteiger partial charge is 0.399 e. The van der Waals surface area contributed by atoms with Crippen molar-refractivity contribution in [3.8, 4) is 5.82 Å². The van der Waals surface area contributed by atoms with Crippen molar-refractivity contribution >= 4 is 24.0 Å². The summed E-state index contributed by atoms with van der Waals surface area (Å²) >= 11 is 0. The van der Waals surface area contributed by atoms with Gasteiger partial charge in [-0.1, -0.05) is 12.1 Å². The second-order valence-corrected chi connectivity index (χ2v) is 10.5. The maximum atomic E-state index is 12.6. The number of pyridine rings is 1. The quantitative estimate of drug-likeness (QED) is 0.506. The molecule has 0 spiro atoms. The highest BCUT2D eigenvalue weighted by molar-refractivity contribution is 6.62. The lowest BCUT2D eigenvalue weighted by Gasteiger charge is -2.37. The van der Waals surface area contributed by atoms with E-state index in [4.69, 9.17) is 9.31 Å². The van der Waals surface area contributed by atoms with Crippen LogP contribution in [0.3, 0.4) is 0 Å². The van der Waals surface area contributed by atoms with E-state index in [9.17, 15) is 18.3 Å². The lowest BCUT2D eigenvalue weighted by Crippen LogP contribution is -2.46. The van der Waals surface area contributed by atoms with Crippen molar-refractivity contribution in [1.82, 2.24) is 14.8 Å². The molecular formula is C25H31BF3N5O3. The molecule has 5 rings (SSSR count). The number of aliphatic hydroxyl groups is 1. The number of H-pyrrole nitrogens is 1. The van der Waals surface area contributed by atoms with Gasteiger partial charge in [0.05, 0.1) is 35.0 Å². The zero-order valence-corrected chi connectivity index (χ0v) is 21.3. The highest BCUT2D eigenvalue weighted by atomic mass is 19.4. The van der Waals surface area contributed by atoms with Crippen molar-refractivity contribution in [2.75, 3.05) is 36.0 Å². The molecule has 1 aromatic carbocycles. The zero-order chi connectivity index (χ0) is 26.6. The molecule has 0 saturated carbocycles. The van der Waals surface area contributed by atoms with Gasteiger partial charge in [-0.3, -0.25) is 5.10 Å². The summed E-state index contributed by atoms with van der Waals surface area (Å²) < 4.78 is 51.4. The number of nitrogens with one attached hydrogen (secondary N) is 1. The molecule has 12 heteroatoms. The number of anilines is 2. The van der Waals surface area contributed by atoms with Gasteiger partial charge in [-0.15, -0.1) is 0 Å². The molecule has 2 fully saturated rings. The van der Waals surface area contributed by atoms with E-state index in [1.807, 2.05) is 33.8 Å². The van der Waals surface area contributed by atoms with E-state index in [0.29, 0.717) is 5.82 Å². The molecule has 0 radical (unpaired) electrons. The monoisotopic (exact) mass is 517 g/mol. The van der Waals surface area contributed by atoms with Gasteiger partial charge in [0.25, 0.3) is 0 Å². The Balaban J connectivity index is 1.16. The Kier molecular flexibility index (Phi) is 6.32. The number of halogens is 3. The first-order chi connectivity index (χ1) is 17.3. The Hall–Kier alpha value is -2.96. The Morgan fingerprint density at radius 3 is 1.92 bits per heavy atom. The fourth-order valence-electron chi connectivity index (χ4n) is 4.46. The van der Waals surface area contributed by atoms with Crippen LogP contribution in [0.15, 0.2) is 48.8 Å². The van der Waals surface area contributed by atoms with Gasteiger partial charge in [-0.25, -0.2) is 9.67 Å². The summed E-state index contributed by atoms with van der Waals surface area (Å²) in [6.45, 7) is 11.5. The predicted molar refractivity (Wildman–Crippen MR) is 136 cm³/mol. The van der Waals surface area contributed by atoms with Crippen LogP contribution in [0.5, 0.6) is 0 Å². The Morgan fingerprint density at radius 1 is 0.919 bits per heavy atom. The normalized spacial score (nSPS) is 20.5. The molecule has 37 heavy (non-hydrogen) atoms. The first kappa shape index (κ1) is 25.7. The van der Waals surface area contributed by atoms with Gasteiger partial charge < -0.3 is 24.2 Å². The molecule has 0 amide bonds. The van der Waals surface area contributed by atoms with Gasteiger partial charge in [-0.05, 0) is 57.4 Å². The lowest BCUT2D eigenvalue weighted by molar-refractivity contribution is -0.209. The lowest BCUT2D eigenvalue weighted by atomic mass is 9.79. The van der Waals surface area contributed by atoms with Gasteiger partial charge in [0.15, 0.2) is 11.9 Å². The number of piperazine rings is 1. The highest BCUT2D eigenvalue weighted by Gasteiger charge is 2.51. The molecule has 3 aromatic rings. The number of rotatable bonds is 5. The SMILES string of the molecule is CC1(C)OB(c2ccc(N3CCN(c4ccc(-n5cc(C(O)C(F)(F)F)[nH]5)nc4)CC3)cc2)OC1(C)C. The average Bonchev–Trinajstić information content (AvgIpc) is 3.05. The number of hydrogen-bond acceptors (Lipinski definition) is 6. The van der Waals surface area contributed by atoms with Gasteiger partial charge in [0, 0.05) is 31.9 Å². The fourth-order valence-corrected chi connectivity index (χ4v) is 4.46. The molecule has 4 heterocycles. The number of aromatic nitrogens is 3. The van der Waals surface area contributed by atoms with Crippen LogP contribution in [0.1, 0.15) is 39.5 Å². The number of benzene rings is 1. The molecule has 8 nitrogen and oxygen atoms in total. The van der Waals surface area contributed by atoms with Crippen LogP contribution < -0.4 is 15.3 Å². The first-order valence-electron chi connectivity index (χ1n) is 12.3. The van der Waals surface area contributed by atoms with Crippen molar-refractivity contribution in [2.45, 2.75) is 51.2 Å². The number of aromatic amines is 1. The second kappa shape index (κ2) is 9.11. The van der Waals surface area contributed by atoms with E-state index >= 15 is 0 Å². The molecule has 0 aliphatic carbocycles. The summed E-state index contributed by atoms with van der Waals surface area (Å²) in [5, 5.41) is 11.7. The summed E-state index contributed by atoms with van der Waals surface area (Å²) in [5.41, 5.74) is 2.03. The summed E-state index contributed by atoms with van der Waals surface area (Å²) in [4.78, 5) is 8.91. The molecule has 2 aliphatic heterocycles. The third-order valence-corrected chi connectivity index (χ3v) is 7.53. The van der Waals surface area contributed by atoms with Crippen LogP contribution in [0, 0.1) is 0 Å². The van der Waals surface area contributed by atoms with Crippen LogP contribution in [0.2, 0.25) is 0 Å². The molecule has 2 aliphatic rings. The van der Waals surface area contributed by atoms with Crippen molar-refractivity contribution in [3.63, 3.8) is 0 Å². The Bertz CT molecular complexity index is 1190. The molecule has 198 valence electrons. The van der Waals surface area contributed by atoms with E-state index in [-0.39, 0.29) is 24.0 Å². The summed E-state index contributed by atoms with van der Waals surface area (Å²) in [6, 6.07) is 11.9. The van der Waals surface area contributed by atoms with Crippen LogP contribution in [-0.4, -0.2) is 70.5 Å². The predicted octanol–water partition coefficient (Wildman–Crippen LogP) is 3.42. The average molecular weight is 517 g/mol. The number of alkyl halides is 3. The summed E-state index contributed by atoms with van der Waals surface area (Å²) in [5.74, 6) is 0.447. The maximum absolute atomic E-state index is 12.6. The first-order valence-corrected chi connectivity index (χ1v) is 12.3.